The second-order valence-corrected chi connectivity index (χ2v) is 12.8. The van der Waals surface area contributed by atoms with Crippen LogP contribution in [0.3, 0.4) is 0 Å². The van der Waals surface area contributed by atoms with Gasteiger partial charge in [0.25, 0.3) is 0 Å². The summed E-state index contributed by atoms with van der Waals surface area (Å²) in [6.45, 7) is 5.72. The van der Waals surface area contributed by atoms with E-state index in [2.05, 4.69) is 5.32 Å². The van der Waals surface area contributed by atoms with E-state index >= 15 is 0 Å². The van der Waals surface area contributed by atoms with Crippen LogP contribution in [0.1, 0.15) is 50.5 Å². The van der Waals surface area contributed by atoms with Crippen molar-refractivity contribution < 1.29 is 19.5 Å². The topological polar surface area (TPSA) is 116 Å². The molecule has 3 aromatic rings. The summed E-state index contributed by atoms with van der Waals surface area (Å²) < 4.78 is 0. The third-order valence-electron chi connectivity index (χ3n) is 8.45. The van der Waals surface area contributed by atoms with Gasteiger partial charge in [-0.2, -0.15) is 0 Å². The van der Waals surface area contributed by atoms with E-state index in [0.717, 1.165) is 34.4 Å². The molecule has 3 amide bonds. The molecule has 0 fully saturated rings. The van der Waals surface area contributed by atoms with Crippen LogP contribution in [-0.4, -0.2) is 77.0 Å². The Morgan fingerprint density at radius 2 is 1.56 bits per heavy atom. The number of nitrogens with two attached hydrogens (primary N) is 1. The number of benzene rings is 2. The molecule has 3 atom stereocenters. The summed E-state index contributed by atoms with van der Waals surface area (Å²) in [5, 5.41) is 14.5. The van der Waals surface area contributed by atoms with Crippen LogP contribution in [0.2, 0.25) is 0 Å². The Morgan fingerprint density at radius 3 is 2.13 bits per heavy atom. The van der Waals surface area contributed by atoms with Gasteiger partial charge in [-0.05, 0) is 60.4 Å². The van der Waals surface area contributed by atoms with Crippen LogP contribution in [0, 0.1) is 0 Å². The van der Waals surface area contributed by atoms with Crippen LogP contribution in [0.4, 0.5) is 0 Å². The van der Waals surface area contributed by atoms with Gasteiger partial charge in [0.1, 0.15) is 12.1 Å². The maximum Gasteiger partial charge on any atom is 0.246 e. The summed E-state index contributed by atoms with van der Waals surface area (Å²) in [4.78, 5) is 44.9. The fourth-order valence-electron chi connectivity index (χ4n) is 5.06. The highest BCUT2D eigenvalue weighted by atomic mass is 32.1. The Balaban J connectivity index is 1.91. The lowest BCUT2D eigenvalue weighted by atomic mass is 9.90. The van der Waals surface area contributed by atoms with E-state index < -0.39 is 18.2 Å². The summed E-state index contributed by atoms with van der Waals surface area (Å²) in [6.07, 6.45) is 5.24. The van der Waals surface area contributed by atoms with Crippen molar-refractivity contribution in [3.05, 3.63) is 94.7 Å². The van der Waals surface area contributed by atoms with E-state index in [4.69, 9.17) is 5.73 Å². The predicted molar refractivity (Wildman–Crippen MR) is 183 cm³/mol. The molecule has 2 aromatic carbocycles. The van der Waals surface area contributed by atoms with Crippen LogP contribution < -0.4 is 11.1 Å². The molecule has 0 aliphatic rings. The van der Waals surface area contributed by atoms with E-state index in [9.17, 15) is 19.5 Å². The predicted octanol–water partition coefficient (Wildman–Crippen LogP) is 4.82. The van der Waals surface area contributed by atoms with Gasteiger partial charge in [-0.15, -0.1) is 11.3 Å². The highest BCUT2D eigenvalue weighted by molar-refractivity contribution is 7.09. The molecule has 1 heterocycles. The summed E-state index contributed by atoms with van der Waals surface area (Å²) in [7, 11) is 3.23. The first-order chi connectivity index (χ1) is 21.5. The molecule has 8 nitrogen and oxygen atoms in total. The summed E-state index contributed by atoms with van der Waals surface area (Å²) in [6, 6.07) is 20.1. The van der Waals surface area contributed by atoms with E-state index in [-0.39, 0.29) is 36.2 Å². The molecule has 0 aliphatic carbocycles. The van der Waals surface area contributed by atoms with Gasteiger partial charge in [0.05, 0.1) is 6.10 Å². The molecule has 4 N–H and O–H groups in total. The molecule has 1 aromatic heterocycles. The third kappa shape index (κ3) is 10.4. The molecular formula is C36H48N4O4S. The Kier molecular flexibility index (Phi) is 13.5. The number of carbonyl (C=O) groups is 3. The number of thiophene rings is 1. The van der Waals surface area contributed by atoms with Crippen LogP contribution in [-0.2, 0) is 27.2 Å². The minimum Gasteiger partial charge on any atom is -0.392 e. The van der Waals surface area contributed by atoms with Crippen molar-refractivity contribution in [3.63, 3.8) is 0 Å². The molecule has 0 saturated heterocycles. The standard InChI is InChI=1S/C36H48N4O4S/c1-6-36(37,7-2)21-11-16-33(42)39(4)32(23-27-17-19-29(20-18-27)28-13-9-8-10-14-28)35(44)40(5)31(24-30-15-12-22-45-30)34(43)38-25-26(3)41/h8-20,22,26,31-32,41H,6-7,21,23-25,37H2,1-5H3,(H,38,43)/b16-11+/t26-,31-,32-/m1/s1. The summed E-state index contributed by atoms with van der Waals surface area (Å²) >= 11 is 1.51. The molecule has 0 spiro atoms. The van der Waals surface area contributed by atoms with E-state index in [1.165, 1.54) is 27.2 Å². The smallest absolute Gasteiger partial charge is 0.246 e. The molecule has 0 aliphatic heterocycles. The van der Waals surface area contributed by atoms with E-state index in [1.54, 1.807) is 27.1 Å². The van der Waals surface area contributed by atoms with Gasteiger partial charge in [0, 0.05) is 43.9 Å². The lowest BCUT2D eigenvalue weighted by Gasteiger charge is -2.34. The van der Waals surface area contributed by atoms with Crippen molar-refractivity contribution in [2.24, 2.45) is 5.73 Å². The summed E-state index contributed by atoms with van der Waals surface area (Å²) in [5.74, 6) is -1.03. The Hall–Kier alpha value is -3.79. The highest BCUT2D eigenvalue weighted by Crippen LogP contribution is 2.22. The molecule has 3 rings (SSSR count). The number of hydrogen-bond donors (Lipinski definition) is 3. The fourth-order valence-corrected chi connectivity index (χ4v) is 5.80. The third-order valence-corrected chi connectivity index (χ3v) is 9.35. The van der Waals surface area contributed by atoms with Gasteiger partial charge in [-0.25, -0.2) is 0 Å². The minimum absolute atomic E-state index is 0.0698. The first-order valence-corrected chi connectivity index (χ1v) is 16.5. The summed E-state index contributed by atoms with van der Waals surface area (Å²) in [5.41, 5.74) is 9.07. The van der Waals surface area contributed by atoms with Crippen LogP contribution in [0.15, 0.2) is 84.3 Å². The number of aliphatic hydroxyl groups excluding tert-OH is 1. The van der Waals surface area contributed by atoms with Crippen molar-refractivity contribution >= 4 is 29.1 Å². The number of nitrogens with one attached hydrogen (secondary N) is 1. The Bertz CT molecular complexity index is 1390. The number of likely N-dealkylation sites (N-methyl/N-ethyl adjacent to an activating group) is 2. The number of aliphatic hydroxyl groups is 1. The molecule has 0 saturated carbocycles. The first-order valence-electron chi connectivity index (χ1n) is 15.6. The van der Waals surface area contributed by atoms with Crippen LogP contribution in [0.5, 0.6) is 0 Å². The van der Waals surface area contributed by atoms with Gasteiger partial charge < -0.3 is 26.0 Å². The number of amides is 3. The maximum atomic E-state index is 14.3. The zero-order chi connectivity index (χ0) is 33.0. The maximum absolute atomic E-state index is 14.3. The zero-order valence-corrected chi connectivity index (χ0v) is 27.9. The molecular weight excluding hydrogens is 584 g/mol. The number of hydrogen-bond acceptors (Lipinski definition) is 6. The Labute approximate surface area is 271 Å². The first kappa shape index (κ1) is 35.7. The van der Waals surface area contributed by atoms with Crippen molar-refractivity contribution in [3.8, 4) is 11.1 Å². The molecule has 0 bridgehead atoms. The molecule has 45 heavy (non-hydrogen) atoms. The quantitative estimate of drug-likeness (QED) is 0.196. The van der Waals surface area contributed by atoms with Crippen LogP contribution in [0.25, 0.3) is 11.1 Å². The second-order valence-electron chi connectivity index (χ2n) is 11.8. The van der Waals surface area contributed by atoms with Gasteiger partial charge in [-0.3, -0.25) is 14.4 Å². The highest BCUT2D eigenvalue weighted by Gasteiger charge is 2.35. The van der Waals surface area contributed by atoms with Gasteiger partial charge in [-0.1, -0.05) is 80.6 Å². The van der Waals surface area contributed by atoms with Gasteiger partial charge in [0.2, 0.25) is 17.7 Å². The number of carbonyl (C=O) groups excluding carboxylic acids is 3. The zero-order valence-electron chi connectivity index (χ0n) is 27.1. The van der Waals surface area contributed by atoms with Crippen molar-refractivity contribution in [2.45, 2.75) is 76.6 Å². The monoisotopic (exact) mass is 632 g/mol. The van der Waals surface area contributed by atoms with Crippen molar-refractivity contribution in [1.29, 1.82) is 0 Å². The number of nitrogens with zero attached hydrogens (tertiary/aromatic N) is 2. The molecule has 0 radical (unpaired) electrons. The van der Waals surface area contributed by atoms with E-state index in [1.807, 2.05) is 86.0 Å². The molecule has 9 heteroatoms. The number of rotatable bonds is 16. The lowest BCUT2D eigenvalue weighted by Crippen LogP contribution is -2.56. The van der Waals surface area contributed by atoms with Crippen molar-refractivity contribution in [1.82, 2.24) is 15.1 Å². The minimum atomic E-state index is -0.870. The SMILES string of the molecule is CCC(N)(CC)C/C=C/C(=O)N(C)[C@H](Cc1ccc(-c2ccccc2)cc1)C(=O)N(C)[C@H](Cc1cccs1)C(=O)NC[C@@H](C)O. The fraction of sp³-hybridized carbons (Fsp3) is 0.417. The average Bonchev–Trinajstić information content (AvgIpc) is 3.58. The Morgan fingerprint density at radius 1 is 0.911 bits per heavy atom. The largest absolute Gasteiger partial charge is 0.392 e. The van der Waals surface area contributed by atoms with Gasteiger partial charge in [0.15, 0.2) is 0 Å². The average molecular weight is 633 g/mol. The van der Waals surface area contributed by atoms with Crippen molar-refractivity contribution in [2.75, 3.05) is 20.6 Å². The van der Waals surface area contributed by atoms with Gasteiger partial charge >= 0.3 is 0 Å². The molecule has 242 valence electrons. The second kappa shape index (κ2) is 17.1. The van der Waals surface area contributed by atoms with Crippen LogP contribution >= 0.6 is 11.3 Å². The molecule has 0 unspecified atom stereocenters. The normalized spacial score (nSPS) is 13.7. The van der Waals surface area contributed by atoms with E-state index in [0.29, 0.717) is 12.8 Å². The lowest BCUT2D eigenvalue weighted by molar-refractivity contribution is -0.146.